The predicted molar refractivity (Wildman–Crippen MR) is 155 cm³/mol. The van der Waals surface area contributed by atoms with E-state index in [4.69, 9.17) is 9.47 Å². The first-order chi connectivity index (χ1) is 21.8. The van der Waals surface area contributed by atoms with Crippen LogP contribution in [0.3, 0.4) is 0 Å². The highest BCUT2D eigenvalue weighted by molar-refractivity contribution is 5.77. The summed E-state index contributed by atoms with van der Waals surface area (Å²) in [5.41, 5.74) is -3.45. The first-order valence-electron chi connectivity index (χ1n) is 14.3. The van der Waals surface area contributed by atoms with E-state index in [0.29, 0.717) is 37.2 Å². The Kier molecular flexibility index (Phi) is 11.1. The summed E-state index contributed by atoms with van der Waals surface area (Å²) >= 11 is 0. The van der Waals surface area contributed by atoms with Crippen molar-refractivity contribution in [2.24, 2.45) is 0 Å². The maximum absolute atomic E-state index is 13.8. The number of benzene rings is 1. The van der Waals surface area contributed by atoms with E-state index in [-0.39, 0.29) is 50.6 Å². The lowest BCUT2D eigenvalue weighted by Crippen LogP contribution is -2.47. The van der Waals surface area contributed by atoms with E-state index in [1.807, 2.05) is 0 Å². The quantitative estimate of drug-likeness (QED) is 0.228. The van der Waals surface area contributed by atoms with Crippen molar-refractivity contribution in [3.63, 3.8) is 0 Å². The first kappa shape index (κ1) is 34.5. The van der Waals surface area contributed by atoms with Gasteiger partial charge >= 0.3 is 12.4 Å². The van der Waals surface area contributed by atoms with Crippen LogP contribution in [0.15, 0.2) is 47.7 Å². The number of hydrogen-bond acceptors (Lipinski definition) is 9. The molecule has 3 heterocycles. The van der Waals surface area contributed by atoms with Gasteiger partial charge in [0, 0.05) is 51.7 Å². The number of anilines is 2. The molecule has 11 nitrogen and oxygen atoms in total. The minimum atomic E-state index is -4.92. The third-order valence-electron chi connectivity index (χ3n) is 7.48. The van der Waals surface area contributed by atoms with Gasteiger partial charge < -0.3 is 24.6 Å². The molecule has 1 N–H and O–H groups in total. The van der Waals surface area contributed by atoms with Gasteiger partial charge in [-0.3, -0.25) is 9.59 Å². The molecule has 1 saturated heterocycles. The van der Waals surface area contributed by atoms with E-state index >= 15 is 0 Å². The summed E-state index contributed by atoms with van der Waals surface area (Å²) in [7, 11) is 3.11. The molecule has 250 valence electrons. The topological polar surface area (TPSA) is 115 Å². The molecule has 1 aliphatic heterocycles. The highest BCUT2D eigenvalue weighted by atomic mass is 19.4. The highest BCUT2D eigenvalue weighted by Gasteiger charge is 2.38. The van der Waals surface area contributed by atoms with E-state index in [9.17, 15) is 35.9 Å². The van der Waals surface area contributed by atoms with Crippen molar-refractivity contribution in [3.05, 3.63) is 69.9 Å². The Morgan fingerprint density at radius 1 is 1.02 bits per heavy atom. The summed E-state index contributed by atoms with van der Waals surface area (Å²) in [6.07, 6.45) is -5.66. The predicted octanol–water partition coefficient (Wildman–Crippen LogP) is 4.07. The van der Waals surface area contributed by atoms with Crippen LogP contribution in [0.25, 0.3) is 0 Å². The molecule has 0 unspecified atom stereocenters. The average Bonchev–Trinajstić information content (AvgIpc) is 3.03. The van der Waals surface area contributed by atoms with Crippen LogP contribution in [0.2, 0.25) is 0 Å². The number of nitrogens with one attached hydrogen (secondary N) is 1. The number of aromatic nitrogens is 4. The number of likely N-dealkylation sites (N-methyl/N-ethyl adjacent to an activating group) is 1. The number of nitrogens with zero attached hydrogens (tertiary/aromatic N) is 6. The van der Waals surface area contributed by atoms with E-state index in [0.717, 1.165) is 23.3 Å². The molecule has 0 spiro atoms. The second-order valence-corrected chi connectivity index (χ2v) is 10.6. The molecule has 4 rings (SSSR count). The van der Waals surface area contributed by atoms with Gasteiger partial charge in [-0.2, -0.15) is 31.4 Å². The number of ether oxygens (including phenoxy) is 2. The monoisotopic (exact) mass is 657 g/mol. The van der Waals surface area contributed by atoms with Crippen LogP contribution in [0.5, 0.6) is 5.75 Å². The zero-order valence-corrected chi connectivity index (χ0v) is 25.1. The molecule has 46 heavy (non-hydrogen) atoms. The molecule has 17 heteroatoms. The molecular weight excluding hydrogens is 624 g/mol. The van der Waals surface area contributed by atoms with Crippen LogP contribution < -0.4 is 20.5 Å². The molecule has 0 saturated carbocycles. The van der Waals surface area contributed by atoms with E-state index < -0.39 is 34.7 Å². The van der Waals surface area contributed by atoms with Crippen molar-refractivity contribution in [2.45, 2.75) is 44.2 Å². The largest absolute Gasteiger partial charge is 0.497 e. The number of alkyl halides is 6. The maximum atomic E-state index is 13.8. The summed E-state index contributed by atoms with van der Waals surface area (Å²) < 4.78 is 91.0. The number of hydrogen-bond donors (Lipinski definition) is 1. The van der Waals surface area contributed by atoms with Crippen molar-refractivity contribution in [1.82, 2.24) is 24.6 Å². The summed E-state index contributed by atoms with van der Waals surface area (Å²) in [4.78, 5) is 36.3. The second-order valence-electron chi connectivity index (χ2n) is 10.6. The maximum Gasteiger partial charge on any atom is 0.423 e. The van der Waals surface area contributed by atoms with Gasteiger partial charge in [-0.15, -0.1) is 0 Å². The van der Waals surface area contributed by atoms with Crippen LogP contribution in [-0.4, -0.2) is 83.6 Å². The van der Waals surface area contributed by atoms with Gasteiger partial charge in [0.25, 0.3) is 5.56 Å². The fourth-order valence-electron chi connectivity index (χ4n) is 4.86. The van der Waals surface area contributed by atoms with Crippen molar-refractivity contribution >= 4 is 17.5 Å². The zero-order chi connectivity index (χ0) is 33.5. The summed E-state index contributed by atoms with van der Waals surface area (Å²) in [6, 6.07) is 6.38. The van der Waals surface area contributed by atoms with Gasteiger partial charge in [0.1, 0.15) is 17.9 Å². The standard InChI is InChI=1S/C29H33F6N7O4/c1-40(21-8-11-41(12-9-21)27-37-14-20(15-38-27)28(30,31)32)24(43)18-46-13-3-10-36-23-16-39-42(26(44)25(23)29(33,34)35)17-19-4-6-22(45-2)7-5-19/h4-7,14-16,21,36H,3,8-13,17-18H2,1-2H3. The van der Waals surface area contributed by atoms with Crippen LogP contribution in [-0.2, 0) is 28.4 Å². The molecule has 0 aliphatic carbocycles. The average molecular weight is 658 g/mol. The smallest absolute Gasteiger partial charge is 0.423 e. The molecule has 1 aliphatic rings. The molecule has 0 atom stereocenters. The van der Waals surface area contributed by atoms with Gasteiger partial charge in [0.2, 0.25) is 11.9 Å². The molecule has 0 bridgehead atoms. The molecule has 3 aromatic rings. The lowest BCUT2D eigenvalue weighted by molar-refractivity contribution is -0.139. The van der Waals surface area contributed by atoms with E-state index in [1.165, 1.54) is 7.11 Å². The Labute approximate surface area is 260 Å². The van der Waals surface area contributed by atoms with Gasteiger partial charge in [0.05, 0.1) is 31.1 Å². The number of amides is 1. The fraction of sp³-hybridized carbons (Fsp3) is 0.483. The number of halogens is 6. The SMILES string of the molecule is COc1ccc(Cn2ncc(NCCCOCC(=O)N(C)C3CCN(c4ncc(C(F)(F)F)cn4)CC3)c(C(F)(F)F)c2=O)cc1. The van der Waals surface area contributed by atoms with Crippen molar-refractivity contribution in [3.8, 4) is 5.75 Å². The van der Waals surface area contributed by atoms with Crippen molar-refractivity contribution < 1.29 is 40.6 Å². The number of rotatable bonds is 12. The molecule has 0 radical (unpaired) electrons. The van der Waals surface area contributed by atoms with Crippen LogP contribution in [0, 0.1) is 0 Å². The Hall–Kier alpha value is -4.41. The third-order valence-corrected chi connectivity index (χ3v) is 7.48. The van der Waals surface area contributed by atoms with Crippen LogP contribution >= 0.6 is 0 Å². The van der Waals surface area contributed by atoms with Gasteiger partial charge in [-0.25, -0.2) is 14.6 Å². The lowest BCUT2D eigenvalue weighted by Gasteiger charge is -2.36. The Morgan fingerprint density at radius 3 is 2.26 bits per heavy atom. The normalized spacial score (nSPS) is 14.3. The number of carbonyl (C=O) groups is 1. The van der Waals surface area contributed by atoms with Crippen molar-refractivity contribution in [1.29, 1.82) is 0 Å². The summed E-state index contributed by atoms with van der Waals surface area (Å²) in [5.74, 6) is 0.459. The van der Waals surface area contributed by atoms with Gasteiger partial charge in [0.15, 0.2) is 0 Å². The minimum Gasteiger partial charge on any atom is -0.497 e. The van der Waals surface area contributed by atoms with E-state index in [2.05, 4.69) is 20.4 Å². The molecule has 1 amide bonds. The molecule has 1 fully saturated rings. The number of piperidine rings is 1. The minimum absolute atomic E-state index is 0.0290. The Morgan fingerprint density at radius 2 is 1.67 bits per heavy atom. The third kappa shape index (κ3) is 8.86. The molecule has 2 aromatic heterocycles. The Balaban J connectivity index is 1.20. The van der Waals surface area contributed by atoms with Crippen LogP contribution in [0.1, 0.15) is 36.0 Å². The summed E-state index contributed by atoms with van der Waals surface area (Å²) in [5, 5.41) is 6.50. The Bertz CT molecular complexity index is 1510. The van der Waals surface area contributed by atoms with E-state index in [1.54, 1.807) is 41.1 Å². The molecule has 1 aromatic carbocycles. The first-order valence-corrected chi connectivity index (χ1v) is 14.3. The van der Waals surface area contributed by atoms with Gasteiger partial charge in [-0.05, 0) is 37.0 Å². The fourth-order valence-corrected chi connectivity index (χ4v) is 4.86. The number of methoxy groups -OCH3 is 1. The van der Waals surface area contributed by atoms with Crippen molar-refractivity contribution in [2.75, 3.05) is 57.2 Å². The number of carbonyl (C=O) groups excluding carboxylic acids is 1. The highest BCUT2D eigenvalue weighted by Crippen LogP contribution is 2.32. The zero-order valence-electron chi connectivity index (χ0n) is 25.1. The lowest BCUT2D eigenvalue weighted by atomic mass is 10.0. The molecular formula is C29H33F6N7O4. The summed E-state index contributed by atoms with van der Waals surface area (Å²) in [6.45, 7) is 0.591. The van der Waals surface area contributed by atoms with Crippen LogP contribution in [0.4, 0.5) is 38.0 Å². The second kappa shape index (κ2) is 14.8. The van der Waals surface area contributed by atoms with Gasteiger partial charge in [-0.1, -0.05) is 12.1 Å².